The maximum atomic E-state index is 10.7. The monoisotopic (exact) mass is 207 g/mol. The molecule has 0 aliphatic carbocycles. The van der Waals surface area contributed by atoms with E-state index in [0.29, 0.717) is 10.4 Å². The Bertz CT molecular complexity index is 510. The average molecular weight is 208 g/mol. The molecule has 0 atom stereocenters. The molecule has 0 saturated carbocycles. The van der Waals surface area contributed by atoms with Gasteiger partial charge in [0, 0.05) is 22.0 Å². The number of hydrogen-bond acceptors (Lipinski definition) is 2. The molecule has 0 spiro atoms. The van der Waals surface area contributed by atoms with E-state index in [2.05, 4.69) is 4.98 Å². The van der Waals surface area contributed by atoms with Crippen LogP contribution in [0.2, 0.25) is 5.02 Å². The Labute approximate surface area is 85.0 Å². The van der Waals surface area contributed by atoms with Gasteiger partial charge in [-0.15, -0.1) is 0 Å². The van der Waals surface area contributed by atoms with Gasteiger partial charge in [-0.05, 0) is 12.1 Å². The molecule has 0 fully saturated rings. The summed E-state index contributed by atoms with van der Waals surface area (Å²) in [6.45, 7) is 0. The Morgan fingerprint density at radius 2 is 2.21 bits per heavy atom. The van der Waals surface area contributed by atoms with Crippen LogP contribution in [0.4, 0.5) is 0 Å². The van der Waals surface area contributed by atoms with Crippen molar-refractivity contribution in [2.45, 2.75) is 0 Å². The minimum Gasteiger partial charge on any atom is -0.477 e. The third kappa shape index (κ3) is 1.42. The van der Waals surface area contributed by atoms with Crippen molar-refractivity contribution in [1.82, 2.24) is 4.98 Å². The van der Waals surface area contributed by atoms with Gasteiger partial charge < -0.3 is 5.11 Å². The molecule has 1 aromatic carbocycles. The molecule has 0 bridgehead atoms. The Kier molecular flexibility index (Phi) is 2.09. The molecule has 0 unspecified atom stereocenters. The van der Waals surface area contributed by atoms with Gasteiger partial charge in [-0.3, -0.25) is 0 Å². The highest BCUT2D eigenvalue weighted by Crippen LogP contribution is 2.22. The second-order valence-corrected chi connectivity index (χ2v) is 3.24. The third-order valence-corrected chi connectivity index (χ3v) is 2.26. The van der Waals surface area contributed by atoms with Gasteiger partial charge in [0.1, 0.15) is 5.69 Å². The topological polar surface area (TPSA) is 50.2 Å². The molecule has 70 valence electrons. The highest BCUT2D eigenvalue weighted by molar-refractivity contribution is 6.35. The predicted octanol–water partition coefficient (Wildman–Crippen LogP) is 2.59. The van der Waals surface area contributed by atoms with Gasteiger partial charge in [-0.1, -0.05) is 23.7 Å². The molecule has 1 aromatic heterocycles. The lowest BCUT2D eigenvalue weighted by Gasteiger charge is -2.00. The molecule has 0 saturated heterocycles. The van der Waals surface area contributed by atoms with Crippen molar-refractivity contribution in [3.05, 3.63) is 41.2 Å². The van der Waals surface area contributed by atoms with Gasteiger partial charge in [-0.2, -0.15) is 0 Å². The molecular weight excluding hydrogens is 202 g/mol. The summed E-state index contributed by atoms with van der Waals surface area (Å²) in [7, 11) is 0. The van der Waals surface area contributed by atoms with Gasteiger partial charge in [0.05, 0.1) is 0 Å². The molecule has 3 nitrogen and oxygen atoms in total. The molecule has 1 N–H and O–H groups in total. The quantitative estimate of drug-likeness (QED) is 0.782. The maximum absolute atomic E-state index is 10.7. The van der Waals surface area contributed by atoms with E-state index in [1.807, 2.05) is 6.07 Å². The number of aromatic nitrogens is 1. The third-order valence-electron chi connectivity index (χ3n) is 1.93. The smallest absolute Gasteiger partial charge is 0.354 e. The Balaban J connectivity index is 2.76. The van der Waals surface area contributed by atoms with E-state index in [1.165, 1.54) is 12.3 Å². The number of rotatable bonds is 1. The number of aromatic carboxylic acids is 1. The second kappa shape index (κ2) is 3.27. The summed E-state index contributed by atoms with van der Waals surface area (Å²) in [5.41, 5.74) is 0.00519. The van der Waals surface area contributed by atoms with Crippen molar-refractivity contribution in [3.63, 3.8) is 0 Å². The van der Waals surface area contributed by atoms with Gasteiger partial charge in [0.2, 0.25) is 0 Å². The van der Waals surface area contributed by atoms with Crippen molar-refractivity contribution in [2.24, 2.45) is 0 Å². The van der Waals surface area contributed by atoms with E-state index in [0.717, 1.165) is 5.39 Å². The first-order valence-electron chi connectivity index (χ1n) is 3.96. The van der Waals surface area contributed by atoms with Crippen LogP contribution >= 0.6 is 11.6 Å². The number of carbonyl (C=O) groups is 1. The van der Waals surface area contributed by atoms with Crippen LogP contribution in [0.5, 0.6) is 0 Å². The van der Waals surface area contributed by atoms with Gasteiger partial charge in [-0.25, -0.2) is 9.78 Å². The lowest BCUT2D eigenvalue weighted by atomic mass is 10.1. The van der Waals surface area contributed by atoms with Crippen LogP contribution < -0.4 is 0 Å². The predicted molar refractivity (Wildman–Crippen MR) is 53.7 cm³/mol. The molecule has 0 aliphatic rings. The number of nitrogens with zero attached hydrogens (tertiary/aromatic N) is 1. The highest BCUT2D eigenvalue weighted by atomic mass is 35.5. The first-order chi connectivity index (χ1) is 6.68. The fourth-order valence-corrected chi connectivity index (χ4v) is 1.48. The van der Waals surface area contributed by atoms with E-state index < -0.39 is 5.97 Å². The summed E-state index contributed by atoms with van der Waals surface area (Å²) in [6, 6.07) is 6.82. The number of carboxylic acids is 1. The van der Waals surface area contributed by atoms with Crippen molar-refractivity contribution in [1.29, 1.82) is 0 Å². The van der Waals surface area contributed by atoms with Crippen molar-refractivity contribution in [2.75, 3.05) is 0 Å². The molecule has 0 aliphatic heterocycles. The van der Waals surface area contributed by atoms with Crippen molar-refractivity contribution in [3.8, 4) is 0 Å². The summed E-state index contributed by atoms with van der Waals surface area (Å²) in [5, 5.41) is 10.8. The standard InChI is InChI=1S/C10H6ClNO2/c11-8-3-1-2-6-5-12-9(10(13)14)4-7(6)8/h1-5H,(H,13,14). The fraction of sp³-hybridized carbons (Fsp3) is 0. The summed E-state index contributed by atoms with van der Waals surface area (Å²) in [5.74, 6) is -1.05. The summed E-state index contributed by atoms with van der Waals surface area (Å²) in [6.07, 6.45) is 1.50. The number of hydrogen-bond donors (Lipinski definition) is 1. The lowest BCUT2D eigenvalue weighted by molar-refractivity contribution is 0.0691. The number of pyridine rings is 1. The average Bonchev–Trinajstić information content (AvgIpc) is 2.18. The maximum Gasteiger partial charge on any atom is 0.354 e. The lowest BCUT2D eigenvalue weighted by Crippen LogP contribution is -1.99. The minimum absolute atomic E-state index is 0.00519. The molecular formula is C10H6ClNO2. The molecule has 1 heterocycles. The van der Waals surface area contributed by atoms with Crippen LogP contribution in [0.15, 0.2) is 30.5 Å². The van der Waals surface area contributed by atoms with Crippen LogP contribution in [0.3, 0.4) is 0 Å². The Hall–Kier alpha value is -1.61. The fourth-order valence-electron chi connectivity index (χ4n) is 1.25. The Morgan fingerprint density at radius 1 is 1.43 bits per heavy atom. The zero-order valence-corrected chi connectivity index (χ0v) is 7.82. The SMILES string of the molecule is O=C(O)c1cc2c(Cl)cccc2cn1. The van der Waals surface area contributed by atoms with E-state index in [9.17, 15) is 4.79 Å². The van der Waals surface area contributed by atoms with E-state index in [4.69, 9.17) is 16.7 Å². The summed E-state index contributed by atoms with van der Waals surface area (Å²) in [4.78, 5) is 14.4. The highest BCUT2D eigenvalue weighted by Gasteiger charge is 2.06. The first kappa shape index (κ1) is 8.97. The second-order valence-electron chi connectivity index (χ2n) is 2.84. The normalized spacial score (nSPS) is 10.4. The molecule has 2 rings (SSSR count). The molecule has 4 heteroatoms. The van der Waals surface area contributed by atoms with Crippen LogP contribution in [-0.4, -0.2) is 16.1 Å². The van der Waals surface area contributed by atoms with E-state index in [1.54, 1.807) is 12.1 Å². The first-order valence-corrected chi connectivity index (χ1v) is 4.34. The summed E-state index contributed by atoms with van der Waals surface area (Å²) < 4.78 is 0. The van der Waals surface area contributed by atoms with Crippen LogP contribution in [0.1, 0.15) is 10.5 Å². The van der Waals surface area contributed by atoms with Crippen LogP contribution in [0.25, 0.3) is 10.8 Å². The molecule has 0 amide bonds. The number of carboxylic acid groups (broad SMARTS) is 1. The number of fused-ring (bicyclic) bond motifs is 1. The van der Waals surface area contributed by atoms with Gasteiger partial charge in [0.25, 0.3) is 0 Å². The molecule has 14 heavy (non-hydrogen) atoms. The van der Waals surface area contributed by atoms with Crippen LogP contribution in [-0.2, 0) is 0 Å². The largest absolute Gasteiger partial charge is 0.477 e. The Morgan fingerprint density at radius 3 is 2.93 bits per heavy atom. The zero-order chi connectivity index (χ0) is 10.1. The number of halogens is 1. The molecule has 0 radical (unpaired) electrons. The van der Waals surface area contributed by atoms with Gasteiger partial charge >= 0.3 is 5.97 Å². The van der Waals surface area contributed by atoms with Crippen LogP contribution in [0, 0.1) is 0 Å². The van der Waals surface area contributed by atoms with Crippen molar-refractivity contribution < 1.29 is 9.90 Å². The number of benzene rings is 1. The zero-order valence-electron chi connectivity index (χ0n) is 7.07. The van der Waals surface area contributed by atoms with E-state index in [-0.39, 0.29) is 5.69 Å². The van der Waals surface area contributed by atoms with Gasteiger partial charge in [0.15, 0.2) is 0 Å². The summed E-state index contributed by atoms with van der Waals surface area (Å²) >= 11 is 5.91. The minimum atomic E-state index is -1.05. The van der Waals surface area contributed by atoms with Crippen molar-refractivity contribution >= 4 is 28.3 Å². The molecule has 2 aromatic rings. The van der Waals surface area contributed by atoms with E-state index >= 15 is 0 Å².